The molecule has 0 saturated heterocycles. The summed E-state index contributed by atoms with van der Waals surface area (Å²) in [6.07, 6.45) is 3.99. The molecule has 0 amide bonds. The maximum atomic E-state index is 12.9. The molecular formula is C21H31BN6O5S. The van der Waals surface area contributed by atoms with Gasteiger partial charge in [0.2, 0.25) is 0 Å². The summed E-state index contributed by atoms with van der Waals surface area (Å²) in [4.78, 5) is 21.0. The molecule has 0 bridgehead atoms. The molecule has 0 aliphatic heterocycles. The van der Waals surface area contributed by atoms with E-state index in [0.717, 1.165) is 5.56 Å². The van der Waals surface area contributed by atoms with Crippen molar-refractivity contribution in [2.45, 2.75) is 44.6 Å². The molecule has 0 aliphatic rings. The number of Topliss-reactive ketones (excluding diaryl/α,β-unsaturated/α-hetero) is 1. The maximum absolute atomic E-state index is 12.9. The molecule has 0 fully saturated rings. The number of sulfonamides is 1. The number of carbonyl (C=O) groups is 1. The molecule has 2 aromatic rings. The molecular weight excluding hydrogens is 459 g/mol. The number of hydrogen-bond acceptors (Lipinski definition) is 8. The zero-order chi connectivity index (χ0) is 25.5. The van der Waals surface area contributed by atoms with Gasteiger partial charge in [0.25, 0.3) is 0 Å². The van der Waals surface area contributed by atoms with E-state index in [0.29, 0.717) is 36.9 Å². The second-order valence-corrected chi connectivity index (χ2v) is 9.46. The van der Waals surface area contributed by atoms with Gasteiger partial charge in [0.05, 0.1) is 7.11 Å². The summed E-state index contributed by atoms with van der Waals surface area (Å²) >= 11 is 0. The SMILES string of the molecule is COc1cc(C)c(S(=O)(=O)NC(N)=NCCCC(NCB=O)C(=O)c2nccn2C)c(C)c1C. The van der Waals surface area contributed by atoms with Crippen molar-refractivity contribution in [3.63, 3.8) is 0 Å². The summed E-state index contributed by atoms with van der Waals surface area (Å²) < 4.78 is 45.8. The van der Waals surface area contributed by atoms with Crippen molar-refractivity contribution in [1.29, 1.82) is 0 Å². The van der Waals surface area contributed by atoms with Crippen LogP contribution in [-0.2, 0) is 21.8 Å². The number of nitrogens with one attached hydrogen (secondary N) is 2. The molecule has 1 aromatic heterocycles. The molecule has 11 nitrogen and oxygen atoms in total. The summed E-state index contributed by atoms with van der Waals surface area (Å²) in [7, 11) is -0.0450. The quantitative estimate of drug-likeness (QED) is 0.128. The minimum Gasteiger partial charge on any atom is -0.0380 e. The Balaban J connectivity index is 2.06. The minimum atomic E-state index is -3.96. The molecule has 1 unspecified atom stereocenters. The average Bonchev–Trinajstić information content (AvgIpc) is 3.20. The van der Waals surface area contributed by atoms with Gasteiger partial charge in [0.1, 0.15) is 5.75 Å². The number of ketones is 1. The predicted octanol–water partition coefficient (Wildman–Crippen LogP) is 0.575. The first-order chi connectivity index (χ1) is 16.0. The van der Waals surface area contributed by atoms with Crippen molar-refractivity contribution in [3.8, 4) is 5.75 Å². The number of methoxy groups -OCH3 is 1. The van der Waals surface area contributed by atoms with Gasteiger partial charge in [-0.05, 0) is 32.4 Å². The first-order valence-electron chi connectivity index (χ1n) is 10.7. The van der Waals surface area contributed by atoms with Gasteiger partial charge in [0.15, 0.2) is 0 Å². The third kappa shape index (κ3) is 6.51. The van der Waals surface area contributed by atoms with Crippen LogP contribution in [0, 0.1) is 20.8 Å². The fourth-order valence-electron chi connectivity index (χ4n) is 3.64. The van der Waals surface area contributed by atoms with Gasteiger partial charge in [0, 0.05) is 0 Å². The fraction of sp³-hybridized carbons (Fsp3) is 0.476. The van der Waals surface area contributed by atoms with Crippen molar-refractivity contribution >= 4 is 28.9 Å². The molecule has 0 aliphatic carbocycles. The number of benzene rings is 1. The van der Waals surface area contributed by atoms with Crippen LogP contribution in [0.1, 0.15) is 40.2 Å². The Kier molecular flexibility index (Phi) is 9.50. The summed E-state index contributed by atoms with van der Waals surface area (Å²) in [5, 5.41) is 2.89. The zero-order valence-corrected chi connectivity index (χ0v) is 20.9. The van der Waals surface area contributed by atoms with Gasteiger partial charge in [-0.3, -0.25) is 0 Å². The van der Waals surface area contributed by atoms with Crippen LogP contribution in [0.4, 0.5) is 0 Å². The van der Waals surface area contributed by atoms with Gasteiger partial charge in [-0.25, -0.2) is 0 Å². The van der Waals surface area contributed by atoms with Crippen LogP contribution < -0.4 is 20.5 Å². The van der Waals surface area contributed by atoms with E-state index in [9.17, 15) is 17.9 Å². The van der Waals surface area contributed by atoms with Gasteiger partial charge < -0.3 is 4.74 Å². The molecule has 1 atom stereocenters. The van der Waals surface area contributed by atoms with Crippen molar-refractivity contribution in [2.24, 2.45) is 17.8 Å². The van der Waals surface area contributed by atoms with Crippen LogP contribution in [0.15, 0.2) is 28.3 Å². The Hall–Kier alpha value is -3.06. The van der Waals surface area contributed by atoms with Gasteiger partial charge >= 0.3 is 150 Å². The number of aryl methyl sites for hydroxylation is 2. The van der Waals surface area contributed by atoms with Crippen LogP contribution in [0.25, 0.3) is 0 Å². The summed E-state index contributed by atoms with van der Waals surface area (Å²) in [6, 6.07) is 1.03. The normalized spacial score (nSPS) is 12.8. The van der Waals surface area contributed by atoms with E-state index >= 15 is 0 Å². The van der Waals surface area contributed by atoms with E-state index in [-0.39, 0.29) is 35.5 Å². The second-order valence-electron chi connectivity index (χ2n) is 7.84. The Labute approximate surface area is 200 Å². The van der Waals surface area contributed by atoms with E-state index in [1.807, 2.05) is 0 Å². The number of guanidine groups is 1. The van der Waals surface area contributed by atoms with E-state index in [1.165, 1.54) is 13.3 Å². The number of nitrogens with zero attached hydrogens (tertiary/aromatic N) is 3. The topological polar surface area (TPSA) is 158 Å². The monoisotopic (exact) mass is 490 g/mol. The van der Waals surface area contributed by atoms with Crippen LogP contribution in [-0.4, -0.2) is 63.0 Å². The minimum absolute atomic E-state index is 0.0199. The Bertz CT molecular complexity index is 1180. The average molecular weight is 490 g/mol. The van der Waals surface area contributed by atoms with Crippen LogP contribution in [0.5, 0.6) is 5.75 Å². The van der Waals surface area contributed by atoms with E-state index in [2.05, 4.69) is 20.0 Å². The standard InChI is InChI=1S/C21H31BN6O5S/c1-13-11-17(33-5)14(2)15(3)19(13)34(31,32)27-21(23)25-8-6-7-16(26-12-22-30)18(29)20-24-9-10-28(20)4/h9-11,16,26H,6-8,12H2,1-5H3,(H3,23,25,27). The predicted molar refractivity (Wildman–Crippen MR) is 129 cm³/mol. The number of ether oxygens (including phenoxy) is 1. The van der Waals surface area contributed by atoms with Gasteiger partial charge in [-0.15, -0.1) is 0 Å². The number of rotatable bonds is 12. The Morgan fingerprint density at radius 1 is 1.32 bits per heavy atom. The zero-order valence-electron chi connectivity index (χ0n) is 20.1. The van der Waals surface area contributed by atoms with Crippen molar-refractivity contribution in [1.82, 2.24) is 19.6 Å². The molecule has 0 spiro atoms. The number of nitrogens with two attached hydrogens (primary N) is 1. The van der Waals surface area contributed by atoms with Crippen molar-refractivity contribution in [3.05, 3.63) is 41.0 Å². The molecule has 184 valence electrons. The number of aromatic nitrogens is 2. The molecule has 1 aromatic carbocycles. The molecule has 13 heteroatoms. The van der Waals surface area contributed by atoms with Crippen molar-refractivity contribution < 1.29 is 22.7 Å². The molecule has 1 heterocycles. The van der Waals surface area contributed by atoms with Gasteiger partial charge in [-0.2, -0.15) is 0 Å². The first kappa shape index (κ1) is 27.2. The van der Waals surface area contributed by atoms with Crippen LogP contribution in [0.3, 0.4) is 0 Å². The van der Waals surface area contributed by atoms with Crippen LogP contribution in [0.2, 0.25) is 0 Å². The first-order valence-corrected chi connectivity index (χ1v) is 12.2. The molecule has 4 N–H and O–H groups in total. The van der Waals surface area contributed by atoms with Crippen LogP contribution >= 0.6 is 0 Å². The second kappa shape index (κ2) is 11.9. The molecule has 2 rings (SSSR count). The Morgan fingerprint density at radius 2 is 2.03 bits per heavy atom. The molecule has 0 saturated carbocycles. The van der Waals surface area contributed by atoms with Crippen molar-refractivity contribution in [2.75, 3.05) is 20.1 Å². The number of hydrogen-bond donors (Lipinski definition) is 3. The third-order valence-corrected chi connectivity index (χ3v) is 7.09. The fourth-order valence-corrected chi connectivity index (χ4v) is 5.12. The summed E-state index contributed by atoms with van der Waals surface area (Å²) in [5.41, 5.74) is 7.65. The number of aliphatic imine (C=N–C) groups is 1. The Morgan fingerprint density at radius 3 is 2.62 bits per heavy atom. The van der Waals surface area contributed by atoms with E-state index < -0.39 is 16.1 Å². The smallest absolute Gasteiger partial charge is 0.0380 e. The number of imidazole rings is 1. The third-order valence-electron chi connectivity index (χ3n) is 5.44. The molecule has 34 heavy (non-hydrogen) atoms. The summed E-state index contributed by atoms with van der Waals surface area (Å²) in [6.45, 7) is 5.35. The van der Waals surface area contributed by atoms with Gasteiger partial charge in [-0.1, -0.05) is 0 Å². The summed E-state index contributed by atoms with van der Waals surface area (Å²) in [5.74, 6) is 0.390. The van der Waals surface area contributed by atoms with E-state index in [4.69, 9.17) is 10.5 Å². The molecule has 0 radical (unpaired) electrons. The number of carbonyl (C=O) groups excluding carboxylic acids is 1. The van der Waals surface area contributed by atoms with E-state index in [1.54, 1.807) is 44.6 Å².